The fourth-order valence-corrected chi connectivity index (χ4v) is 2.35. The summed E-state index contributed by atoms with van der Waals surface area (Å²) in [6.45, 7) is 2.40. The van der Waals surface area contributed by atoms with Gasteiger partial charge in [-0.05, 0) is 51.2 Å². The van der Waals surface area contributed by atoms with E-state index in [9.17, 15) is 9.59 Å². The molecule has 118 valence electrons. The van der Waals surface area contributed by atoms with Gasteiger partial charge in [0.2, 0.25) is 5.91 Å². The van der Waals surface area contributed by atoms with Crippen LogP contribution in [0.25, 0.3) is 0 Å². The first kappa shape index (κ1) is 16.2. The zero-order valence-corrected chi connectivity index (χ0v) is 13.2. The lowest BCUT2D eigenvalue weighted by Gasteiger charge is -2.15. The maximum absolute atomic E-state index is 12.2. The van der Waals surface area contributed by atoms with Crippen LogP contribution in [0.4, 0.5) is 5.69 Å². The van der Waals surface area contributed by atoms with Gasteiger partial charge in [0.1, 0.15) is 0 Å². The minimum atomic E-state index is -0.166. The Bertz CT molecular complexity index is 544. The fraction of sp³-hybridized carbons (Fsp3) is 0.412. The number of nitrogens with zero attached hydrogens (tertiary/aromatic N) is 2. The van der Waals surface area contributed by atoms with Crippen LogP contribution in [-0.4, -0.2) is 55.3 Å². The van der Waals surface area contributed by atoms with Crippen molar-refractivity contribution >= 4 is 17.5 Å². The minimum Gasteiger partial charge on any atom is -0.339 e. The van der Waals surface area contributed by atoms with E-state index in [4.69, 9.17) is 0 Å². The van der Waals surface area contributed by atoms with Gasteiger partial charge >= 0.3 is 0 Å². The van der Waals surface area contributed by atoms with Crippen LogP contribution in [0.5, 0.6) is 0 Å². The SMILES string of the molecule is CN(C)C/C=C/C(=O)Nc1ccc(C(=O)N2CCCC2)cc1. The summed E-state index contributed by atoms with van der Waals surface area (Å²) in [5, 5.41) is 2.78. The highest BCUT2D eigenvalue weighted by Gasteiger charge is 2.19. The summed E-state index contributed by atoms with van der Waals surface area (Å²) >= 11 is 0. The van der Waals surface area contributed by atoms with E-state index < -0.39 is 0 Å². The van der Waals surface area contributed by atoms with Crippen LogP contribution in [-0.2, 0) is 4.79 Å². The van der Waals surface area contributed by atoms with Crippen molar-refractivity contribution in [3.05, 3.63) is 42.0 Å². The monoisotopic (exact) mass is 301 g/mol. The molecular formula is C17H23N3O2. The van der Waals surface area contributed by atoms with E-state index in [0.29, 0.717) is 11.3 Å². The van der Waals surface area contributed by atoms with Crippen LogP contribution >= 0.6 is 0 Å². The molecule has 1 aromatic carbocycles. The van der Waals surface area contributed by atoms with Gasteiger partial charge < -0.3 is 15.1 Å². The topological polar surface area (TPSA) is 52.7 Å². The van der Waals surface area contributed by atoms with E-state index in [1.165, 1.54) is 6.08 Å². The second kappa shape index (κ2) is 7.75. The molecule has 5 heteroatoms. The Labute approximate surface area is 131 Å². The molecule has 0 radical (unpaired) electrons. The van der Waals surface area contributed by atoms with Crippen molar-refractivity contribution in [2.75, 3.05) is 39.0 Å². The smallest absolute Gasteiger partial charge is 0.253 e. The molecule has 0 unspecified atom stereocenters. The van der Waals surface area contributed by atoms with E-state index in [1.807, 2.05) is 23.9 Å². The lowest BCUT2D eigenvalue weighted by atomic mass is 10.2. The van der Waals surface area contributed by atoms with Crippen LogP contribution in [0.2, 0.25) is 0 Å². The van der Waals surface area contributed by atoms with Gasteiger partial charge in [0, 0.05) is 37.0 Å². The predicted octanol–water partition coefficient (Wildman–Crippen LogP) is 1.98. The molecule has 0 aromatic heterocycles. The van der Waals surface area contributed by atoms with Crippen molar-refractivity contribution in [2.24, 2.45) is 0 Å². The average molecular weight is 301 g/mol. The number of benzene rings is 1. The van der Waals surface area contributed by atoms with Crippen molar-refractivity contribution in [1.82, 2.24) is 9.80 Å². The van der Waals surface area contributed by atoms with Crippen molar-refractivity contribution in [1.29, 1.82) is 0 Å². The highest BCUT2D eigenvalue weighted by Crippen LogP contribution is 2.15. The first-order chi connectivity index (χ1) is 10.6. The first-order valence-corrected chi connectivity index (χ1v) is 7.58. The molecule has 22 heavy (non-hydrogen) atoms. The third-order valence-electron chi connectivity index (χ3n) is 3.53. The summed E-state index contributed by atoms with van der Waals surface area (Å²) in [6, 6.07) is 7.06. The van der Waals surface area contributed by atoms with Gasteiger partial charge in [-0.1, -0.05) is 6.08 Å². The summed E-state index contributed by atoms with van der Waals surface area (Å²) < 4.78 is 0. The largest absolute Gasteiger partial charge is 0.339 e. The number of carbonyl (C=O) groups excluding carboxylic acids is 2. The minimum absolute atomic E-state index is 0.0706. The molecule has 0 atom stereocenters. The van der Waals surface area contributed by atoms with Crippen molar-refractivity contribution in [2.45, 2.75) is 12.8 Å². The molecule has 0 aliphatic carbocycles. The lowest BCUT2D eigenvalue weighted by molar-refractivity contribution is -0.111. The number of likely N-dealkylation sites (tertiary alicyclic amines) is 1. The van der Waals surface area contributed by atoms with Crippen LogP contribution in [0, 0.1) is 0 Å². The van der Waals surface area contributed by atoms with Crippen molar-refractivity contribution in [3.63, 3.8) is 0 Å². The number of rotatable bonds is 5. The Kier molecular flexibility index (Phi) is 5.72. The molecule has 2 amide bonds. The Morgan fingerprint density at radius 2 is 1.82 bits per heavy atom. The fourth-order valence-electron chi connectivity index (χ4n) is 2.35. The Morgan fingerprint density at radius 1 is 1.18 bits per heavy atom. The van der Waals surface area contributed by atoms with E-state index >= 15 is 0 Å². The third kappa shape index (κ3) is 4.70. The predicted molar refractivity (Wildman–Crippen MR) is 87.9 cm³/mol. The average Bonchev–Trinajstić information content (AvgIpc) is 3.01. The molecule has 5 nitrogen and oxygen atoms in total. The Balaban J connectivity index is 1.90. The van der Waals surface area contributed by atoms with Crippen molar-refractivity contribution < 1.29 is 9.59 Å². The van der Waals surface area contributed by atoms with Gasteiger partial charge in [-0.3, -0.25) is 9.59 Å². The molecule has 1 heterocycles. The number of carbonyl (C=O) groups is 2. The number of hydrogen-bond donors (Lipinski definition) is 1. The van der Waals surface area contributed by atoms with E-state index in [-0.39, 0.29) is 11.8 Å². The quantitative estimate of drug-likeness (QED) is 0.846. The lowest BCUT2D eigenvalue weighted by Crippen LogP contribution is -2.27. The molecule has 1 aliphatic heterocycles. The molecule has 1 aromatic rings. The standard InChI is InChI=1S/C17H23N3O2/c1-19(2)11-5-6-16(21)18-15-9-7-14(8-10-15)17(22)20-12-3-4-13-20/h5-10H,3-4,11-13H2,1-2H3,(H,18,21)/b6-5+. The van der Waals surface area contributed by atoms with Crippen LogP contribution < -0.4 is 5.32 Å². The van der Waals surface area contributed by atoms with E-state index in [1.54, 1.807) is 30.3 Å². The van der Waals surface area contributed by atoms with Crippen molar-refractivity contribution in [3.8, 4) is 0 Å². The summed E-state index contributed by atoms with van der Waals surface area (Å²) in [7, 11) is 3.89. The maximum Gasteiger partial charge on any atom is 0.253 e. The first-order valence-electron chi connectivity index (χ1n) is 7.58. The van der Waals surface area contributed by atoms with E-state index in [0.717, 1.165) is 32.5 Å². The third-order valence-corrected chi connectivity index (χ3v) is 3.53. The highest BCUT2D eigenvalue weighted by atomic mass is 16.2. The highest BCUT2D eigenvalue weighted by molar-refractivity contribution is 6.00. The van der Waals surface area contributed by atoms with Gasteiger partial charge in [-0.25, -0.2) is 0 Å². The van der Waals surface area contributed by atoms with Gasteiger partial charge in [0.25, 0.3) is 5.91 Å². The Morgan fingerprint density at radius 3 is 2.41 bits per heavy atom. The zero-order valence-electron chi connectivity index (χ0n) is 13.2. The second-order valence-electron chi connectivity index (χ2n) is 5.73. The van der Waals surface area contributed by atoms with E-state index in [2.05, 4.69) is 5.32 Å². The van der Waals surface area contributed by atoms with Crippen LogP contribution in [0.15, 0.2) is 36.4 Å². The second-order valence-corrected chi connectivity index (χ2v) is 5.73. The molecule has 1 aliphatic rings. The molecule has 2 rings (SSSR count). The molecule has 1 fully saturated rings. The molecular weight excluding hydrogens is 278 g/mol. The Hall–Kier alpha value is -2.14. The molecule has 0 bridgehead atoms. The normalized spacial score (nSPS) is 14.8. The van der Waals surface area contributed by atoms with Gasteiger partial charge in [0.05, 0.1) is 0 Å². The summed E-state index contributed by atoms with van der Waals surface area (Å²) in [5.41, 5.74) is 1.36. The number of amides is 2. The molecule has 1 N–H and O–H groups in total. The maximum atomic E-state index is 12.2. The molecule has 1 saturated heterocycles. The summed E-state index contributed by atoms with van der Waals surface area (Å²) in [6.07, 6.45) is 5.49. The van der Waals surface area contributed by atoms with Gasteiger partial charge in [-0.2, -0.15) is 0 Å². The molecule has 0 spiro atoms. The number of anilines is 1. The van der Waals surface area contributed by atoms with Gasteiger partial charge in [-0.15, -0.1) is 0 Å². The summed E-state index contributed by atoms with van der Waals surface area (Å²) in [5.74, 6) is -0.0956. The van der Waals surface area contributed by atoms with Crippen LogP contribution in [0.3, 0.4) is 0 Å². The number of likely N-dealkylation sites (N-methyl/N-ethyl adjacent to an activating group) is 1. The number of nitrogens with one attached hydrogen (secondary N) is 1. The number of hydrogen-bond acceptors (Lipinski definition) is 3. The van der Waals surface area contributed by atoms with Crippen LogP contribution in [0.1, 0.15) is 23.2 Å². The van der Waals surface area contributed by atoms with Gasteiger partial charge in [0.15, 0.2) is 0 Å². The summed E-state index contributed by atoms with van der Waals surface area (Å²) in [4.78, 5) is 27.8. The zero-order chi connectivity index (χ0) is 15.9. The molecule has 0 saturated carbocycles.